The number of nitrogens with zero attached hydrogens (tertiary/aromatic N) is 3. The van der Waals surface area contributed by atoms with Crippen molar-refractivity contribution in [1.82, 2.24) is 14.2 Å². The zero-order valence-corrected chi connectivity index (χ0v) is 18.3. The Morgan fingerprint density at radius 1 is 1.03 bits per heavy atom. The lowest BCUT2D eigenvalue weighted by molar-refractivity contribution is 0.0698. The quantitative estimate of drug-likeness (QED) is 0.583. The summed E-state index contributed by atoms with van der Waals surface area (Å²) in [5, 5.41) is 0.801. The first kappa shape index (κ1) is 20.0. The minimum atomic E-state index is -3.70. The van der Waals surface area contributed by atoms with E-state index in [1.807, 2.05) is 31.2 Å². The fraction of sp³-hybridized carbons (Fsp3) is 0.238. The van der Waals surface area contributed by atoms with Crippen molar-refractivity contribution < 1.29 is 13.2 Å². The molecule has 1 fully saturated rings. The summed E-state index contributed by atoms with van der Waals surface area (Å²) in [6.45, 7) is 3.13. The molecule has 0 bridgehead atoms. The lowest BCUT2D eigenvalue weighted by Crippen LogP contribution is -2.50. The molecule has 1 aromatic heterocycles. The molecule has 150 valence electrons. The summed E-state index contributed by atoms with van der Waals surface area (Å²) in [6.07, 6.45) is 1.68. The molecule has 8 heteroatoms. The zero-order chi connectivity index (χ0) is 20.6. The molecule has 0 unspecified atom stereocenters. The van der Waals surface area contributed by atoms with Gasteiger partial charge in [0.1, 0.15) is 4.90 Å². The van der Waals surface area contributed by atoms with Crippen molar-refractivity contribution in [3.63, 3.8) is 0 Å². The number of para-hydroxylation sites is 1. The number of halogens is 1. The second-order valence-electron chi connectivity index (χ2n) is 7.05. The Morgan fingerprint density at radius 2 is 1.76 bits per heavy atom. The van der Waals surface area contributed by atoms with E-state index in [1.165, 1.54) is 4.31 Å². The number of benzene rings is 2. The second kappa shape index (κ2) is 7.85. The van der Waals surface area contributed by atoms with Gasteiger partial charge in [-0.05, 0) is 42.8 Å². The van der Waals surface area contributed by atoms with Gasteiger partial charge in [0, 0.05) is 47.8 Å². The zero-order valence-electron chi connectivity index (χ0n) is 15.9. The first-order valence-electron chi connectivity index (χ1n) is 9.26. The lowest BCUT2D eigenvalue weighted by atomic mass is 10.2. The molecule has 6 nitrogen and oxygen atoms in total. The maximum atomic E-state index is 13.3. The summed E-state index contributed by atoms with van der Waals surface area (Å²) >= 11 is 3.38. The van der Waals surface area contributed by atoms with Crippen molar-refractivity contribution in [3.05, 3.63) is 70.3 Å². The van der Waals surface area contributed by atoms with E-state index in [0.717, 1.165) is 15.4 Å². The van der Waals surface area contributed by atoms with E-state index in [0.29, 0.717) is 24.2 Å². The largest absolute Gasteiger partial charge is 0.336 e. The molecule has 1 saturated heterocycles. The van der Waals surface area contributed by atoms with Crippen molar-refractivity contribution in [2.75, 3.05) is 26.2 Å². The Labute approximate surface area is 178 Å². The Kier molecular flexibility index (Phi) is 5.42. The number of aromatic nitrogens is 1. The van der Waals surface area contributed by atoms with Crippen molar-refractivity contribution in [2.45, 2.75) is 11.8 Å². The van der Waals surface area contributed by atoms with E-state index in [9.17, 15) is 13.2 Å². The topological polar surface area (TPSA) is 70.6 Å². The van der Waals surface area contributed by atoms with Crippen LogP contribution in [0.4, 0.5) is 0 Å². The van der Waals surface area contributed by atoms with Crippen LogP contribution in [0.3, 0.4) is 0 Å². The Hall–Kier alpha value is -2.29. The van der Waals surface area contributed by atoms with Gasteiger partial charge >= 0.3 is 0 Å². The monoisotopic (exact) mass is 473 g/mol. The number of aryl methyl sites for hydroxylation is 1. The van der Waals surface area contributed by atoms with Gasteiger partial charge in [-0.25, -0.2) is 8.42 Å². The van der Waals surface area contributed by atoms with Crippen molar-refractivity contribution in [3.8, 4) is 0 Å². The summed E-state index contributed by atoms with van der Waals surface area (Å²) < 4.78 is 28.8. The summed E-state index contributed by atoms with van der Waals surface area (Å²) in [7, 11) is -3.70. The van der Waals surface area contributed by atoms with Gasteiger partial charge in [-0.1, -0.05) is 34.1 Å². The van der Waals surface area contributed by atoms with Crippen molar-refractivity contribution in [1.29, 1.82) is 0 Å². The highest BCUT2D eigenvalue weighted by atomic mass is 79.9. The Bertz CT molecular complexity index is 1190. The average Bonchev–Trinajstić information content (AvgIpc) is 2.72. The fourth-order valence-electron chi connectivity index (χ4n) is 3.53. The van der Waals surface area contributed by atoms with Gasteiger partial charge in [0.05, 0.1) is 5.52 Å². The van der Waals surface area contributed by atoms with Crippen LogP contribution in [0.1, 0.15) is 15.9 Å². The average molecular weight is 474 g/mol. The first-order chi connectivity index (χ1) is 13.9. The normalized spacial score (nSPS) is 15.6. The number of sulfonamides is 1. The van der Waals surface area contributed by atoms with Gasteiger partial charge in [0.25, 0.3) is 5.91 Å². The van der Waals surface area contributed by atoms with E-state index in [1.54, 1.807) is 35.4 Å². The van der Waals surface area contributed by atoms with Crippen LogP contribution >= 0.6 is 15.9 Å². The van der Waals surface area contributed by atoms with Crippen molar-refractivity contribution in [2.24, 2.45) is 0 Å². The number of amides is 1. The summed E-state index contributed by atoms with van der Waals surface area (Å²) in [6, 6.07) is 14.3. The van der Waals surface area contributed by atoms with E-state index >= 15 is 0 Å². The molecule has 0 N–H and O–H groups in total. The number of fused-ring (bicyclic) bond motifs is 1. The van der Waals surface area contributed by atoms with E-state index < -0.39 is 10.0 Å². The third kappa shape index (κ3) is 3.92. The minimum absolute atomic E-state index is 0.0920. The Morgan fingerprint density at radius 3 is 2.48 bits per heavy atom. The van der Waals surface area contributed by atoms with Crippen molar-refractivity contribution >= 4 is 42.8 Å². The molecule has 1 amide bonds. The van der Waals surface area contributed by atoms with Gasteiger partial charge in [-0.3, -0.25) is 9.78 Å². The molecule has 1 aliphatic rings. The number of rotatable bonds is 3. The van der Waals surface area contributed by atoms with Crippen LogP contribution < -0.4 is 0 Å². The maximum absolute atomic E-state index is 13.3. The first-order valence-corrected chi connectivity index (χ1v) is 11.5. The molecule has 1 aliphatic heterocycles. The fourth-order valence-corrected chi connectivity index (χ4v) is 5.51. The van der Waals surface area contributed by atoms with Crippen LogP contribution in [0.5, 0.6) is 0 Å². The molecule has 0 atom stereocenters. The number of hydrogen-bond donors (Lipinski definition) is 0. The third-order valence-corrected chi connectivity index (χ3v) is 7.45. The molecule has 29 heavy (non-hydrogen) atoms. The molecular weight excluding hydrogens is 454 g/mol. The summed E-state index contributed by atoms with van der Waals surface area (Å²) in [4.78, 5) is 19.0. The number of hydrogen-bond acceptors (Lipinski definition) is 4. The molecule has 0 aliphatic carbocycles. The number of carbonyl (C=O) groups excluding carboxylic acids is 1. The predicted octanol–water partition coefficient (Wildman–Crippen LogP) is 3.45. The van der Waals surface area contributed by atoms with E-state index in [4.69, 9.17) is 0 Å². The molecule has 0 spiro atoms. The number of carbonyl (C=O) groups is 1. The third-order valence-electron chi connectivity index (χ3n) is 5.03. The summed E-state index contributed by atoms with van der Waals surface area (Å²) in [5.74, 6) is -0.0920. The molecule has 3 aromatic rings. The smallest absolute Gasteiger partial charge is 0.253 e. The van der Waals surface area contributed by atoms with Gasteiger partial charge in [0.2, 0.25) is 10.0 Å². The van der Waals surface area contributed by atoms with Crippen LogP contribution in [-0.4, -0.2) is 54.7 Å². The highest BCUT2D eigenvalue weighted by molar-refractivity contribution is 9.10. The summed E-state index contributed by atoms with van der Waals surface area (Å²) in [5.41, 5.74) is 2.04. The minimum Gasteiger partial charge on any atom is -0.336 e. The van der Waals surface area contributed by atoms with Crippen LogP contribution in [0.2, 0.25) is 0 Å². The highest BCUT2D eigenvalue weighted by Crippen LogP contribution is 2.26. The molecular formula is C21H20BrN3O3S. The molecule has 0 radical (unpaired) electrons. The van der Waals surface area contributed by atoms with Crippen LogP contribution in [0.15, 0.2) is 64.1 Å². The standard InChI is InChI=1S/C21H20BrN3O3S/c1-15-12-16-4-3-7-19(20(16)23-14-15)29(27,28)25-10-8-24(9-11-25)21(26)17-5-2-6-18(22)13-17/h2-7,12-14H,8-11H2,1H3. The van der Waals surface area contributed by atoms with Crippen LogP contribution in [0, 0.1) is 6.92 Å². The highest BCUT2D eigenvalue weighted by Gasteiger charge is 2.31. The van der Waals surface area contributed by atoms with E-state index in [2.05, 4.69) is 20.9 Å². The molecule has 2 aromatic carbocycles. The van der Waals surface area contributed by atoms with Gasteiger partial charge in [0.15, 0.2) is 0 Å². The van der Waals surface area contributed by atoms with Gasteiger partial charge < -0.3 is 4.90 Å². The van der Waals surface area contributed by atoms with Crippen LogP contribution in [0.25, 0.3) is 10.9 Å². The Balaban J connectivity index is 1.55. The van der Waals surface area contributed by atoms with Gasteiger partial charge in [-0.15, -0.1) is 0 Å². The second-order valence-corrected chi connectivity index (χ2v) is 9.87. The molecule has 2 heterocycles. The SMILES string of the molecule is Cc1cnc2c(S(=O)(=O)N3CCN(C(=O)c4cccc(Br)c4)CC3)cccc2c1. The maximum Gasteiger partial charge on any atom is 0.253 e. The molecule has 4 rings (SSSR count). The van der Waals surface area contributed by atoms with Gasteiger partial charge in [-0.2, -0.15) is 4.31 Å². The lowest BCUT2D eigenvalue weighted by Gasteiger charge is -2.34. The van der Waals surface area contributed by atoms with E-state index in [-0.39, 0.29) is 23.9 Å². The predicted molar refractivity (Wildman–Crippen MR) is 115 cm³/mol. The number of pyridine rings is 1. The van der Waals surface area contributed by atoms with Crippen LogP contribution in [-0.2, 0) is 10.0 Å². The molecule has 0 saturated carbocycles. The number of piperazine rings is 1.